The molecule has 0 radical (unpaired) electrons. The Morgan fingerprint density at radius 1 is 1.22 bits per heavy atom. The number of halogens is 2. The first-order valence-electron chi connectivity index (χ1n) is 7.00. The van der Waals surface area contributed by atoms with E-state index in [1.807, 2.05) is 0 Å². The number of likely N-dealkylation sites (N-methyl/N-ethyl adjacent to an activating group) is 1. The molecule has 0 bridgehead atoms. The SMILES string of the molecule is C[C@H]([C@@H](C)S(C)(=O)=O)N(C)C(=O)Cc1ccc(OC(F)F)cc1. The fourth-order valence-electron chi connectivity index (χ4n) is 1.99. The standard InChI is InChI=1S/C15H21F2NO4S/c1-10(11(2)23(4,20)21)18(3)14(19)9-12-5-7-13(8-6-12)22-15(16)17/h5-8,10-11,15H,9H2,1-4H3/t10-,11-/m1/s1. The largest absolute Gasteiger partial charge is 0.435 e. The number of hydrogen-bond donors (Lipinski definition) is 0. The van der Waals surface area contributed by atoms with Crippen molar-refractivity contribution in [3.05, 3.63) is 29.8 Å². The second kappa shape index (κ2) is 7.72. The number of alkyl halides is 2. The number of carbonyl (C=O) groups excluding carboxylic acids is 1. The summed E-state index contributed by atoms with van der Waals surface area (Å²) in [5, 5.41) is -0.682. The quantitative estimate of drug-likeness (QED) is 0.756. The molecular formula is C15H21F2NO4S. The molecule has 2 atom stereocenters. The van der Waals surface area contributed by atoms with Crippen molar-refractivity contribution in [3.63, 3.8) is 0 Å². The van der Waals surface area contributed by atoms with E-state index in [4.69, 9.17) is 0 Å². The molecule has 130 valence electrons. The lowest BCUT2D eigenvalue weighted by atomic mass is 10.1. The number of hydrogen-bond acceptors (Lipinski definition) is 4. The Kier molecular flexibility index (Phi) is 6.49. The lowest BCUT2D eigenvalue weighted by Crippen LogP contribution is -2.45. The number of benzene rings is 1. The van der Waals surface area contributed by atoms with E-state index < -0.39 is 27.7 Å². The highest BCUT2D eigenvalue weighted by atomic mass is 32.2. The van der Waals surface area contributed by atoms with Gasteiger partial charge in [-0.15, -0.1) is 0 Å². The van der Waals surface area contributed by atoms with Gasteiger partial charge in [-0.25, -0.2) is 8.42 Å². The van der Waals surface area contributed by atoms with Gasteiger partial charge in [-0.1, -0.05) is 12.1 Å². The highest BCUT2D eigenvalue weighted by Crippen LogP contribution is 2.16. The van der Waals surface area contributed by atoms with Crippen LogP contribution in [0.2, 0.25) is 0 Å². The van der Waals surface area contributed by atoms with Crippen LogP contribution in [-0.4, -0.2) is 50.4 Å². The third-order valence-electron chi connectivity index (χ3n) is 3.86. The second-order valence-corrected chi connectivity index (χ2v) is 7.88. The van der Waals surface area contributed by atoms with E-state index in [0.717, 1.165) is 6.26 Å². The smallest absolute Gasteiger partial charge is 0.387 e. The Balaban J connectivity index is 2.71. The molecule has 8 heteroatoms. The van der Waals surface area contributed by atoms with Gasteiger partial charge in [0.25, 0.3) is 0 Å². The normalized spacial score (nSPS) is 14.4. The van der Waals surface area contributed by atoms with Gasteiger partial charge in [-0.05, 0) is 31.5 Å². The topological polar surface area (TPSA) is 63.7 Å². The Morgan fingerprint density at radius 2 is 1.74 bits per heavy atom. The first-order valence-corrected chi connectivity index (χ1v) is 8.96. The molecule has 0 aliphatic rings. The average Bonchev–Trinajstić information content (AvgIpc) is 2.45. The minimum Gasteiger partial charge on any atom is -0.435 e. The van der Waals surface area contributed by atoms with Crippen molar-refractivity contribution in [2.45, 2.75) is 38.2 Å². The molecule has 0 saturated carbocycles. The van der Waals surface area contributed by atoms with E-state index in [1.165, 1.54) is 29.2 Å². The highest BCUT2D eigenvalue weighted by molar-refractivity contribution is 7.91. The van der Waals surface area contributed by atoms with Crippen LogP contribution in [0.5, 0.6) is 5.75 Å². The van der Waals surface area contributed by atoms with E-state index in [1.54, 1.807) is 20.9 Å². The molecule has 0 spiro atoms. The van der Waals surface area contributed by atoms with Crippen molar-refractivity contribution < 1.29 is 26.7 Å². The van der Waals surface area contributed by atoms with Crippen molar-refractivity contribution in [1.82, 2.24) is 4.90 Å². The van der Waals surface area contributed by atoms with Crippen LogP contribution in [0.3, 0.4) is 0 Å². The van der Waals surface area contributed by atoms with Gasteiger partial charge in [-0.2, -0.15) is 8.78 Å². The molecule has 0 aliphatic carbocycles. The van der Waals surface area contributed by atoms with Crippen LogP contribution >= 0.6 is 0 Å². The molecule has 1 amide bonds. The predicted octanol–water partition coefficient (Wildman–Crippen LogP) is 2.11. The van der Waals surface area contributed by atoms with Crippen LogP contribution < -0.4 is 4.74 Å². The first-order chi connectivity index (χ1) is 10.5. The van der Waals surface area contributed by atoms with Crippen LogP contribution in [0.15, 0.2) is 24.3 Å². The zero-order chi connectivity index (χ0) is 17.8. The lowest BCUT2D eigenvalue weighted by Gasteiger charge is -2.29. The molecule has 1 aromatic carbocycles. The fraction of sp³-hybridized carbons (Fsp3) is 0.533. The average molecular weight is 349 g/mol. The molecule has 1 rings (SSSR count). The van der Waals surface area contributed by atoms with Crippen LogP contribution in [0.4, 0.5) is 8.78 Å². The summed E-state index contributed by atoms with van der Waals surface area (Å²) >= 11 is 0. The van der Waals surface area contributed by atoms with Gasteiger partial charge in [0.15, 0.2) is 9.84 Å². The molecule has 0 heterocycles. The number of ether oxygens (including phenoxy) is 1. The molecule has 0 N–H and O–H groups in total. The van der Waals surface area contributed by atoms with Gasteiger partial charge in [0.1, 0.15) is 5.75 Å². The van der Waals surface area contributed by atoms with Crippen molar-refractivity contribution in [1.29, 1.82) is 0 Å². The van der Waals surface area contributed by atoms with Crippen molar-refractivity contribution >= 4 is 15.7 Å². The molecule has 5 nitrogen and oxygen atoms in total. The summed E-state index contributed by atoms with van der Waals surface area (Å²) in [5.41, 5.74) is 0.627. The first kappa shape index (κ1) is 19.3. The van der Waals surface area contributed by atoms with Gasteiger partial charge in [0, 0.05) is 19.3 Å². The van der Waals surface area contributed by atoms with Gasteiger partial charge < -0.3 is 9.64 Å². The third kappa shape index (κ3) is 5.78. The summed E-state index contributed by atoms with van der Waals surface area (Å²) in [7, 11) is -1.71. The van der Waals surface area contributed by atoms with Crippen molar-refractivity contribution in [2.24, 2.45) is 0 Å². The van der Waals surface area contributed by atoms with Crippen LogP contribution in [0.25, 0.3) is 0 Å². The Bertz CT molecular complexity index is 631. The summed E-state index contributed by atoms with van der Waals surface area (Å²) in [4.78, 5) is 13.6. The maximum absolute atomic E-state index is 12.2. The number of nitrogens with zero attached hydrogens (tertiary/aromatic N) is 1. The molecule has 0 saturated heterocycles. The maximum atomic E-state index is 12.2. The second-order valence-electron chi connectivity index (χ2n) is 5.48. The van der Waals surface area contributed by atoms with Crippen LogP contribution in [0.1, 0.15) is 19.4 Å². The van der Waals surface area contributed by atoms with Gasteiger partial charge in [-0.3, -0.25) is 4.79 Å². The Morgan fingerprint density at radius 3 is 2.17 bits per heavy atom. The molecule has 0 aliphatic heterocycles. The van der Waals surface area contributed by atoms with E-state index >= 15 is 0 Å². The summed E-state index contributed by atoms with van der Waals surface area (Å²) in [5.74, 6) is -0.237. The summed E-state index contributed by atoms with van der Waals surface area (Å²) in [6, 6.07) is 5.29. The molecule has 0 fully saturated rings. The lowest BCUT2D eigenvalue weighted by molar-refractivity contribution is -0.130. The molecule has 0 aromatic heterocycles. The Hall–Kier alpha value is -1.70. The van der Waals surface area contributed by atoms with Gasteiger partial charge >= 0.3 is 6.61 Å². The zero-order valence-electron chi connectivity index (χ0n) is 13.5. The molecule has 1 aromatic rings. The monoisotopic (exact) mass is 349 g/mol. The van der Waals surface area contributed by atoms with Crippen LogP contribution in [-0.2, 0) is 21.1 Å². The molecular weight excluding hydrogens is 328 g/mol. The highest BCUT2D eigenvalue weighted by Gasteiger charge is 2.27. The number of sulfone groups is 1. The summed E-state index contributed by atoms with van der Waals surface area (Å²) in [6.07, 6.45) is 1.18. The molecule has 0 unspecified atom stereocenters. The van der Waals surface area contributed by atoms with E-state index in [-0.39, 0.29) is 18.1 Å². The summed E-state index contributed by atoms with van der Waals surface area (Å²) < 4.78 is 51.5. The van der Waals surface area contributed by atoms with Gasteiger partial charge in [0.2, 0.25) is 5.91 Å². The minimum absolute atomic E-state index is 0.0172. The summed E-state index contributed by atoms with van der Waals surface area (Å²) in [6.45, 7) is 0.329. The van der Waals surface area contributed by atoms with Crippen molar-refractivity contribution in [2.75, 3.05) is 13.3 Å². The third-order valence-corrected chi connectivity index (χ3v) is 5.61. The minimum atomic E-state index is -3.25. The van der Waals surface area contributed by atoms with Crippen molar-refractivity contribution in [3.8, 4) is 5.75 Å². The predicted molar refractivity (Wildman–Crippen MR) is 83.3 cm³/mol. The molecule has 23 heavy (non-hydrogen) atoms. The Labute approximate surface area is 135 Å². The fourth-order valence-corrected chi connectivity index (χ4v) is 2.89. The zero-order valence-corrected chi connectivity index (χ0v) is 14.3. The van der Waals surface area contributed by atoms with E-state index in [0.29, 0.717) is 5.56 Å². The number of carbonyl (C=O) groups is 1. The number of rotatable bonds is 7. The number of amides is 1. The van der Waals surface area contributed by atoms with E-state index in [2.05, 4.69) is 4.74 Å². The maximum Gasteiger partial charge on any atom is 0.387 e. The van der Waals surface area contributed by atoms with Crippen LogP contribution in [0, 0.1) is 0 Å². The van der Waals surface area contributed by atoms with E-state index in [9.17, 15) is 22.0 Å². The van der Waals surface area contributed by atoms with Gasteiger partial charge in [0.05, 0.1) is 11.7 Å².